The fourth-order valence-electron chi connectivity index (χ4n) is 10.4. The van der Waals surface area contributed by atoms with Crippen LogP contribution in [0.15, 0.2) is 76.2 Å². The molecule has 2 saturated carbocycles. The SMILES string of the molecule is CC[C@@]1(C)CC2(Cn3ncc(C4=CC=C(N5CCC/C(=C(C)/C(N)=N\c6nc7ccccc7s6)C5=N)NC4=C(O)O)c3C)CC(C)CC(OCCNCCCO)(C2)C1. The van der Waals surface area contributed by atoms with E-state index in [0.717, 1.165) is 104 Å². The third-order valence-corrected chi connectivity index (χ3v) is 13.8. The maximum absolute atomic E-state index is 10.7. The van der Waals surface area contributed by atoms with Gasteiger partial charge in [0.1, 0.15) is 23.2 Å². The second-order valence-corrected chi connectivity index (χ2v) is 18.5. The highest BCUT2D eigenvalue weighted by Gasteiger charge is 2.57. The van der Waals surface area contributed by atoms with Crippen molar-refractivity contribution < 1.29 is 20.1 Å². The van der Waals surface area contributed by atoms with E-state index in [0.29, 0.717) is 47.9 Å². The molecule has 3 unspecified atom stereocenters. The van der Waals surface area contributed by atoms with E-state index in [9.17, 15) is 15.6 Å². The number of nitrogens with one attached hydrogen (secondary N) is 3. The number of para-hydroxylation sites is 1. The number of benzene rings is 1. The van der Waals surface area contributed by atoms with E-state index >= 15 is 0 Å². The summed E-state index contributed by atoms with van der Waals surface area (Å²) in [6.45, 7) is 14.8. The number of thiazole rings is 1. The monoisotopic (exact) mass is 811 g/mol. The van der Waals surface area contributed by atoms with Crippen LogP contribution < -0.4 is 16.4 Å². The molecule has 14 heteroatoms. The lowest BCUT2D eigenvalue weighted by atomic mass is 9.50. The lowest BCUT2D eigenvalue weighted by Crippen LogP contribution is -2.56. The summed E-state index contributed by atoms with van der Waals surface area (Å²) in [5.41, 5.74) is 11.4. The van der Waals surface area contributed by atoms with Crippen LogP contribution in [0.3, 0.4) is 0 Å². The zero-order chi connectivity index (χ0) is 41.2. The van der Waals surface area contributed by atoms with Crippen LogP contribution in [0.5, 0.6) is 0 Å². The van der Waals surface area contributed by atoms with Crippen molar-refractivity contribution >= 4 is 43.9 Å². The Hall–Kier alpha value is -4.50. The molecule has 1 aromatic carbocycles. The van der Waals surface area contributed by atoms with Gasteiger partial charge in [0.15, 0.2) is 0 Å². The minimum Gasteiger partial charge on any atom is -0.480 e. The number of aliphatic hydroxyl groups excluding tert-OH is 2. The van der Waals surface area contributed by atoms with Crippen molar-refractivity contribution in [3.05, 3.63) is 82.5 Å². The minimum absolute atomic E-state index is 0.00354. The quantitative estimate of drug-likeness (QED) is 0.0367. The zero-order valence-electron chi connectivity index (χ0n) is 34.7. The van der Waals surface area contributed by atoms with E-state index in [1.807, 2.05) is 54.4 Å². The van der Waals surface area contributed by atoms with E-state index in [2.05, 4.69) is 53.0 Å². The van der Waals surface area contributed by atoms with E-state index < -0.39 is 5.95 Å². The van der Waals surface area contributed by atoms with Gasteiger partial charge in [-0.1, -0.05) is 50.7 Å². The predicted molar refractivity (Wildman–Crippen MR) is 232 cm³/mol. The second kappa shape index (κ2) is 17.0. The number of fused-ring (bicyclic) bond motifs is 3. The smallest absolute Gasteiger partial charge is 0.299 e. The average molecular weight is 812 g/mol. The molecule has 1 saturated heterocycles. The molecule has 2 bridgehead atoms. The minimum atomic E-state index is -0.829. The topological polar surface area (TPSA) is 190 Å². The Labute approximate surface area is 346 Å². The molecule has 2 aliphatic carbocycles. The molecule has 3 aromatic rings. The molecule has 2 aliphatic heterocycles. The number of nitrogens with two attached hydrogens (primary N) is 1. The molecular formula is C44H61N9O4S. The van der Waals surface area contributed by atoms with Crippen molar-refractivity contribution in [3.63, 3.8) is 0 Å². The van der Waals surface area contributed by atoms with Gasteiger partial charge in [0.05, 0.1) is 28.6 Å². The molecule has 4 heterocycles. The van der Waals surface area contributed by atoms with E-state index in [1.54, 1.807) is 0 Å². The molecule has 8 N–H and O–H groups in total. The van der Waals surface area contributed by atoms with E-state index in [1.165, 1.54) is 11.3 Å². The number of aliphatic imine (C=N–C) groups is 1. The van der Waals surface area contributed by atoms with Crippen LogP contribution in [0, 0.1) is 29.1 Å². The number of dihydropyridines is 1. The average Bonchev–Trinajstić information content (AvgIpc) is 3.76. The van der Waals surface area contributed by atoms with Crippen LogP contribution >= 0.6 is 11.3 Å². The number of nitrogens with zero attached hydrogens (tertiary/aromatic N) is 5. The van der Waals surface area contributed by atoms with E-state index in [4.69, 9.17) is 20.7 Å². The van der Waals surface area contributed by atoms with Gasteiger partial charge in [-0.25, -0.2) is 9.98 Å². The lowest BCUT2D eigenvalue weighted by molar-refractivity contribution is -0.183. The van der Waals surface area contributed by atoms with Gasteiger partial charge in [-0.2, -0.15) is 5.10 Å². The van der Waals surface area contributed by atoms with Crippen LogP contribution in [0.4, 0.5) is 5.13 Å². The zero-order valence-corrected chi connectivity index (χ0v) is 35.5. The van der Waals surface area contributed by atoms with Gasteiger partial charge in [0.25, 0.3) is 5.95 Å². The number of allylic oxidation sites excluding steroid dienone is 3. The van der Waals surface area contributed by atoms with Crippen LogP contribution in [-0.4, -0.2) is 85.1 Å². The number of aromatic nitrogens is 3. The van der Waals surface area contributed by atoms with Crippen molar-refractivity contribution in [2.24, 2.45) is 27.5 Å². The maximum atomic E-state index is 10.7. The molecule has 4 atom stereocenters. The third-order valence-electron chi connectivity index (χ3n) is 12.8. The Kier molecular flexibility index (Phi) is 12.2. The van der Waals surface area contributed by atoms with Crippen molar-refractivity contribution in [1.29, 1.82) is 5.41 Å². The molecule has 0 spiro atoms. The first-order chi connectivity index (χ1) is 27.8. The molecule has 0 amide bonds. The molecule has 58 heavy (non-hydrogen) atoms. The highest BCUT2D eigenvalue weighted by Crippen LogP contribution is 2.61. The Morgan fingerprint density at radius 1 is 1.17 bits per heavy atom. The van der Waals surface area contributed by atoms with E-state index in [-0.39, 0.29) is 34.6 Å². The highest BCUT2D eigenvalue weighted by molar-refractivity contribution is 7.22. The summed E-state index contributed by atoms with van der Waals surface area (Å²) < 4.78 is 10.0. The fraction of sp³-hybridized carbons (Fsp3) is 0.545. The number of rotatable bonds is 14. The Balaban J connectivity index is 1.12. The number of ether oxygens (including phenoxy) is 1. The summed E-state index contributed by atoms with van der Waals surface area (Å²) in [5, 5.41) is 51.9. The first-order valence-corrected chi connectivity index (χ1v) is 21.6. The van der Waals surface area contributed by atoms with Crippen LogP contribution in [0.2, 0.25) is 0 Å². The second-order valence-electron chi connectivity index (χ2n) is 17.5. The van der Waals surface area contributed by atoms with Gasteiger partial charge in [-0.15, -0.1) is 0 Å². The van der Waals surface area contributed by atoms with Crippen molar-refractivity contribution in [2.45, 2.75) is 105 Å². The van der Waals surface area contributed by atoms with Gasteiger partial charge in [0.2, 0.25) is 5.13 Å². The highest BCUT2D eigenvalue weighted by atomic mass is 32.1. The summed E-state index contributed by atoms with van der Waals surface area (Å²) in [6, 6.07) is 7.87. The lowest BCUT2D eigenvalue weighted by Gasteiger charge is -2.59. The molecular weight excluding hydrogens is 751 g/mol. The largest absolute Gasteiger partial charge is 0.480 e. The maximum Gasteiger partial charge on any atom is 0.299 e. The van der Waals surface area contributed by atoms with Gasteiger partial charge in [-0.05, 0) is 118 Å². The number of piperidine rings is 1. The Morgan fingerprint density at radius 2 is 1.98 bits per heavy atom. The number of amidine groups is 2. The molecule has 3 fully saturated rings. The fourth-order valence-corrected chi connectivity index (χ4v) is 11.3. The first kappa shape index (κ1) is 41.7. The van der Waals surface area contributed by atoms with Crippen molar-refractivity contribution in [1.82, 2.24) is 30.3 Å². The molecule has 312 valence electrons. The van der Waals surface area contributed by atoms with Crippen LogP contribution in [0.25, 0.3) is 15.8 Å². The number of likely N-dealkylation sites (tertiary alicyclic amines) is 1. The molecule has 4 aliphatic rings. The van der Waals surface area contributed by atoms with Crippen LogP contribution in [0.1, 0.15) is 96.7 Å². The Bertz CT molecular complexity index is 2150. The summed E-state index contributed by atoms with van der Waals surface area (Å²) in [7, 11) is 0. The predicted octanol–water partition coefficient (Wildman–Crippen LogP) is 7.74. The van der Waals surface area contributed by atoms with Gasteiger partial charge in [-0.3, -0.25) is 10.1 Å². The Morgan fingerprint density at radius 3 is 2.74 bits per heavy atom. The molecule has 7 rings (SSSR count). The summed E-state index contributed by atoms with van der Waals surface area (Å²) >= 11 is 1.47. The summed E-state index contributed by atoms with van der Waals surface area (Å²) in [6.07, 6.45) is 14.2. The van der Waals surface area contributed by atoms with Gasteiger partial charge in [0, 0.05) is 48.6 Å². The normalized spacial score (nSPS) is 27.4. The number of hydrogen-bond acceptors (Lipinski definition) is 11. The van der Waals surface area contributed by atoms with Gasteiger partial charge < -0.3 is 41.3 Å². The standard InChI is InChI=1S/C44H61N9O4S/c1-6-42(5)24-43(21-28(2)22-44(25-42,26-43)57-20-17-47-16-10-19-54)27-53-30(4)33(23-48-53)32-14-15-36(50-37(32)40(55)56)52-18-9-11-31(39(52)46)29(3)38(45)51-41-49-34-12-7-8-13-35(34)58-41/h7-8,12-15,23,28,46-47,50,54-56H,6,9-11,16-22,24-27H2,1-5H3,(H2,45,49,51)/b31-29-,46-39?/t28?,42-,43?,44?/m0/s1. The van der Waals surface area contributed by atoms with Crippen LogP contribution in [-0.2, 0) is 11.3 Å². The summed E-state index contributed by atoms with van der Waals surface area (Å²) in [5.74, 6) is 0.859. The van der Waals surface area contributed by atoms with Crippen molar-refractivity contribution in [2.75, 3.05) is 32.8 Å². The molecule has 2 aromatic heterocycles. The number of aliphatic hydroxyl groups is 3. The van der Waals surface area contributed by atoms with Gasteiger partial charge >= 0.3 is 0 Å². The summed E-state index contributed by atoms with van der Waals surface area (Å²) in [4.78, 5) is 11.1. The van der Waals surface area contributed by atoms with Crippen molar-refractivity contribution in [3.8, 4) is 0 Å². The molecule has 0 radical (unpaired) electrons. The first-order valence-electron chi connectivity index (χ1n) is 20.8. The number of hydrogen-bond donors (Lipinski definition) is 7. The third kappa shape index (κ3) is 8.61. The molecule has 13 nitrogen and oxygen atoms in total.